The highest BCUT2D eigenvalue weighted by molar-refractivity contribution is 6.35. The van der Waals surface area contributed by atoms with E-state index in [0.29, 0.717) is 17.0 Å². The number of fused-ring (bicyclic) bond motifs is 1. The minimum atomic E-state index is -4.98. The summed E-state index contributed by atoms with van der Waals surface area (Å²) in [6.07, 6.45) is -4.82. The van der Waals surface area contributed by atoms with Gasteiger partial charge in [0.2, 0.25) is 0 Å². The van der Waals surface area contributed by atoms with E-state index in [2.05, 4.69) is 5.32 Å². The number of alkyl halides is 3. The molecule has 2 heterocycles. The van der Waals surface area contributed by atoms with Crippen molar-refractivity contribution in [1.82, 2.24) is 19.8 Å². The number of amides is 1. The molecule has 0 bridgehead atoms. The number of nitrogens with zero attached hydrogens (tertiary/aromatic N) is 3. The molecule has 2 atom stereocenters. The van der Waals surface area contributed by atoms with Gasteiger partial charge in [0, 0.05) is 18.1 Å². The van der Waals surface area contributed by atoms with Gasteiger partial charge in [0.1, 0.15) is 5.82 Å². The van der Waals surface area contributed by atoms with Crippen molar-refractivity contribution >= 4 is 28.4 Å². The molecule has 1 aliphatic rings. The lowest BCUT2D eigenvalue weighted by atomic mass is 10.0. The summed E-state index contributed by atoms with van der Waals surface area (Å²) in [4.78, 5) is 32.1. The summed E-state index contributed by atoms with van der Waals surface area (Å²) in [6.45, 7) is 5.96. The van der Waals surface area contributed by atoms with Crippen molar-refractivity contribution in [2.75, 3.05) is 6.54 Å². The molecule has 34 heavy (non-hydrogen) atoms. The number of rotatable bonds is 3. The summed E-state index contributed by atoms with van der Waals surface area (Å²) in [5.41, 5.74) is 0.114. The van der Waals surface area contributed by atoms with Crippen molar-refractivity contribution in [2.45, 2.75) is 51.0 Å². The molecule has 180 valence electrons. The van der Waals surface area contributed by atoms with E-state index in [1.54, 1.807) is 42.5 Å². The number of benzene rings is 2. The molecule has 2 aromatic carbocycles. The van der Waals surface area contributed by atoms with Crippen LogP contribution in [0.4, 0.5) is 13.2 Å². The van der Waals surface area contributed by atoms with Gasteiger partial charge in [-0.05, 0) is 51.5 Å². The Balaban J connectivity index is 1.90. The Bertz CT molecular complexity index is 1290. The van der Waals surface area contributed by atoms with Gasteiger partial charge < -0.3 is 5.32 Å². The van der Waals surface area contributed by atoms with E-state index in [-0.39, 0.29) is 28.9 Å². The zero-order valence-corrected chi connectivity index (χ0v) is 19.6. The first-order chi connectivity index (χ1) is 15.9. The predicted molar refractivity (Wildman–Crippen MR) is 124 cm³/mol. The molecule has 10 heteroatoms. The minimum absolute atomic E-state index is 0.157. The van der Waals surface area contributed by atoms with Crippen molar-refractivity contribution in [1.29, 1.82) is 0 Å². The van der Waals surface area contributed by atoms with Crippen LogP contribution in [-0.2, 0) is 4.79 Å². The van der Waals surface area contributed by atoms with Gasteiger partial charge in [0.05, 0.1) is 27.7 Å². The number of para-hydroxylation sites is 1. The van der Waals surface area contributed by atoms with Crippen LogP contribution in [0.15, 0.2) is 53.3 Å². The molecule has 0 spiro atoms. The number of nitrogens with one attached hydrogen (secondary N) is 1. The highest BCUT2D eigenvalue weighted by Crippen LogP contribution is 2.38. The first-order valence-corrected chi connectivity index (χ1v) is 11.2. The maximum Gasteiger partial charge on any atom is 0.471 e. The Morgan fingerprint density at radius 3 is 2.38 bits per heavy atom. The number of hydrogen-bond acceptors (Lipinski definition) is 4. The van der Waals surface area contributed by atoms with Crippen molar-refractivity contribution in [3.8, 4) is 5.69 Å². The third-order valence-corrected chi connectivity index (χ3v) is 6.26. The summed E-state index contributed by atoms with van der Waals surface area (Å²) in [7, 11) is 0. The van der Waals surface area contributed by atoms with Crippen LogP contribution in [-0.4, -0.2) is 44.7 Å². The zero-order valence-electron chi connectivity index (χ0n) is 18.9. The van der Waals surface area contributed by atoms with Gasteiger partial charge in [-0.25, -0.2) is 4.98 Å². The molecule has 1 saturated heterocycles. The summed E-state index contributed by atoms with van der Waals surface area (Å²) >= 11 is 6.34. The van der Waals surface area contributed by atoms with E-state index in [4.69, 9.17) is 16.6 Å². The second kappa shape index (κ2) is 8.70. The Hall–Kier alpha value is -2.91. The highest BCUT2D eigenvalue weighted by Gasteiger charge is 2.45. The fourth-order valence-electron chi connectivity index (χ4n) is 4.45. The van der Waals surface area contributed by atoms with Crippen molar-refractivity contribution in [3.63, 3.8) is 0 Å². The molecule has 4 rings (SSSR count). The second-order valence-electron chi connectivity index (χ2n) is 9.32. The predicted octanol–water partition coefficient (Wildman–Crippen LogP) is 4.63. The quantitative estimate of drug-likeness (QED) is 0.579. The summed E-state index contributed by atoms with van der Waals surface area (Å²) in [5, 5.41) is 2.63. The second-order valence-corrected chi connectivity index (χ2v) is 9.73. The molecule has 0 unspecified atom stereocenters. The number of halogens is 4. The van der Waals surface area contributed by atoms with E-state index in [1.807, 2.05) is 31.7 Å². The highest BCUT2D eigenvalue weighted by atomic mass is 35.5. The molecule has 0 radical (unpaired) electrons. The molecule has 0 saturated carbocycles. The van der Waals surface area contributed by atoms with Gasteiger partial charge in [-0.3, -0.25) is 19.1 Å². The van der Waals surface area contributed by atoms with Crippen LogP contribution < -0.4 is 10.9 Å². The number of carbonyl (C=O) groups excluding carboxylic acids is 1. The van der Waals surface area contributed by atoms with Crippen molar-refractivity contribution in [2.24, 2.45) is 0 Å². The van der Waals surface area contributed by atoms with Crippen LogP contribution in [0.5, 0.6) is 0 Å². The Labute approximate surface area is 199 Å². The third-order valence-electron chi connectivity index (χ3n) is 5.94. The average Bonchev–Trinajstić information content (AvgIpc) is 3.18. The van der Waals surface area contributed by atoms with Gasteiger partial charge in [-0.1, -0.05) is 35.9 Å². The first kappa shape index (κ1) is 24.2. The van der Waals surface area contributed by atoms with Gasteiger partial charge in [-0.2, -0.15) is 13.2 Å². The monoisotopic (exact) mass is 492 g/mol. The lowest BCUT2D eigenvalue weighted by molar-refractivity contribution is -0.174. The number of aromatic nitrogens is 2. The van der Waals surface area contributed by atoms with E-state index < -0.39 is 29.7 Å². The fourth-order valence-corrected chi connectivity index (χ4v) is 4.70. The minimum Gasteiger partial charge on any atom is -0.344 e. The third kappa shape index (κ3) is 4.54. The van der Waals surface area contributed by atoms with E-state index >= 15 is 0 Å². The normalized spacial score (nSPS) is 19.5. The van der Waals surface area contributed by atoms with E-state index in [0.717, 1.165) is 0 Å². The molecule has 1 aliphatic heterocycles. The van der Waals surface area contributed by atoms with Crippen LogP contribution in [0.3, 0.4) is 0 Å². The maximum atomic E-state index is 13.7. The topological polar surface area (TPSA) is 67.2 Å². The Morgan fingerprint density at radius 1 is 1.09 bits per heavy atom. The van der Waals surface area contributed by atoms with Crippen LogP contribution in [0.2, 0.25) is 5.02 Å². The van der Waals surface area contributed by atoms with Crippen molar-refractivity contribution in [3.05, 3.63) is 69.7 Å². The lowest BCUT2D eigenvalue weighted by Gasteiger charge is -2.37. The molecular formula is C24H24ClF3N4O2. The first-order valence-electron chi connectivity index (χ1n) is 10.8. The van der Waals surface area contributed by atoms with Gasteiger partial charge in [0.25, 0.3) is 5.56 Å². The summed E-state index contributed by atoms with van der Waals surface area (Å²) < 4.78 is 40.2. The maximum absolute atomic E-state index is 13.7. The smallest absolute Gasteiger partial charge is 0.344 e. The zero-order chi connectivity index (χ0) is 24.8. The lowest BCUT2D eigenvalue weighted by Crippen LogP contribution is -2.47. The van der Waals surface area contributed by atoms with Gasteiger partial charge in [-0.15, -0.1) is 0 Å². The molecule has 0 aliphatic carbocycles. The van der Waals surface area contributed by atoms with Crippen LogP contribution in [0, 0.1) is 0 Å². The number of carbonyl (C=O) groups is 1. The Morgan fingerprint density at radius 2 is 1.76 bits per heavy atom. The Kier molecular flexibility index (Phi) is 6.20. The molecule has 1 N–H and O–H groups in total. The molecule has 3 aromatic rings. The molecule has 1 aromatic heterocycles. The summed E-state index contributed by atoms with van der Waals surface area (Å²) in [5.74, 6) is -1.60. The molecule has 1 amide bonds. The number of likely N-dealkylation sites (tertiary alicyclic amines) is 1. The van der Waals surface area contributed by atoms with Gasteiger partial charge in [0.15, 0.2) is 0 Å². The van der Waals surface area contributed by atoms with E-state index in [1.165, 1.54) is 4.57 Å². The standard InChI is InChI=1S/C24H24ClF3N4O2/c1-23(2,3)31-13-14(29-22(34)24(26,27)28)12-18(31)20-30-17-11-7-10-16(25)19(17)21(33)32(20)15-8-5-4-6-9-15/h4-11,14,18H,12-13H2,1-3H3,(H,29,34)/t14-,18-/m0/s1. The van der Waals surface area contributed by atoms with Crippen molar-refractivity contribution < 1.29 is 18.0 Å². The summed E-state index contributed by atoms with van der Waals surface area (Å²) in [6, 6.07) is 12.6. The SMILES string of the molecule is CC(C)(C)N1C[C@@H](NC(=O)C(F)(F)F)C[C@H]1c1nc2cccc(Cl)c2c(=O)n1-c1ccccc1. The van der Waals surface area contributed by atoms with Crippen LogP contribution in [0.25, 0.3) is 16.6 Å². The number of hydrogen-bond donors (Lipinski definition) is 1. The molecular weight excluding hydrogens is 469 g/mol. The molecule has 6 nitrogen and oxygen atoms in total. The van der Waals surface area contributed by atoms with Gasteiger partial charge >= 0.3 is 12.1 Å². The fraction of sp³-hybridized carbons (Fsp3) is 0.375. The van der Waals surface area contributed by atoms with Crippen LogP contribution >= 0.6 is 11.6 Å². The van der Waals surface area contributed by atoms with E-state index in [9.17, 15) is 22.8 Å². The largest absolute Gasteiger partial charge is 0.471 e. The molecule has 1 fully saturated rings. The van der Waals surface area contributed by atoms with Crippen LogP contribution in [0.1, 0.15) is 39.1 Å². The average molecular weight is 493 g/mol.